The van der Waals surface area contributed by atoms with Crippen LogP contribution in [-0.4, -0.2) is 30.1 Å². The first-order valence-electron chi connectivity index (χ1n) is 5.06. The smallest absolute Gasteiger partial charge is 0.317 e. The fourth-order valence-electron chi connectivity index (χ4n) is 1.19. The van der Waals surface area contributed by atoms with Crippen molar-refractivity contribution >= 4 is 29.2 Å². The summed E-state index contributed by atoms with van der Waals surface area (Å²) in [6.07, 6.45) is 0.208. The summed E-state index contributed by atoms with van der Waals surface area (Å²) >= 11 is 5.76. The molecular formula is C11H13ClN2O3. The van der Waals surface area contributed by atoms with Crippen LogP contribution in [0.3, 0.4) is 0 Å². The van der Waals surface area contributed by atoms with E-state index in [1.807, 2.05) is 0 Å². The number of carboxylic acids is 1. The molecular weight excluding hydrogens is 244 g/mol. The third-order valence-corrected chi connectivity index (χ3v) is 2.15. The molecule has 0 aliphatic heterocycles. The molecule has 0 radical (unpaired) electrons. The maximum absolute atomic E-state index is 11.4. The Balaban J connectivity index is 2.27. The molecule has 1 aromatic rings. The number of halogens is 1. The Hall–Kier alpha value is -1.59. The average molecular weight is 257 g/mol. The number of benzene rings is 1. The first-order chi connectivity index (χ1) is 8.08. The summed E-state index contributed by atoms with van der Waals surface area (Å²) in [6.45, 7) is 0.170. The minimum Gasteiger partial charge on any atom is -0.480 e. The third-order valence-electron chi connectivity index (χ3n) is 1.91. The van der Waals surface area contributed by atoms with Gasteiger partial charge in [0.05, 0.1) is 6.54 Å². The van der Waals surface area contributed by atoms with Crippen molar-refractivity contribution in [2.24, 2.45) is 0 Å². The van der Waals surface area contributed by atoms with Crippen LogP contribution in [0.2, 0.25) is 5.02 Å². The molecule has 17 heavy (non-hydrogen) atoms. The van der Waals surface area contributed by atoms with E-state index in [0.717, 1.165) is 0 Å². The Bertz CT molecular complexity index is 409. The Morgan fingerprint density at radius 1 is 1.35 bits per heavy atom. The number of hydrogen-bond acceptors (Lipinski definition) is 3. The maximum atomic E-state index is 11.4. The normalized spacial score (nSPS) is 9.94. The van der Waals surface area contributed by atoms with Crippen molar-refractivity contribution in [3.05, 3.63) is 29.3 Å². The number of nitrogens with one attached hydrogen (secondary N) is 2. The van der Waals surface area contributed by atoms with Gasteiger partial charge in [0.1, 0.15) is 0 Å². The summed E-state index contributed by atoms with van der Waals surface area (Å²) in [5, 5.41) is 14.2. The zero-order valence-electron chi connectivity index (χ0n) is 9.07. The predicted octanol–water partition coefficient (Wildman–Crippen LogP) is 1.34. The van der Waals surface area contributed by atoms with Gasteiger partial charge in [0.15, 0.2) is 0 Å². The van der Waals surface area contributed by atoms with E-state index in [-0.39, 0.29) is 18.9 Å². The molecule has 1 rings (SSSR count). The summed E-state index contributed by atoms with van der Waals surface area (Å²) < 4.78 is 0. The molecule has 0 spiro atoms. The van der Waals surface area contributed by atoms with Gasteiger partial charge in [-0.1, -0.05) is 17.7 Å². The second kappa shape index (κ2) is 6.88. The fraction of sp³-hybridized carbons (Fsp3) is 0.273. The van der Waals surface area contributed by atoms with E-state index in [4.69, 9.17) is 16.7 Å². The quantitative estimate of drug-likeness (QED) is 0.671. The molecule has 1 amide bonds. The number of rotatable bonds is 6. The van der Waals surface area contributed by atoms with Crippen LogP contribution in [0.15, 0.2) is 24.3 Å². The van der Waals surface area contributed by atoms with Gasteiger partial charge in [-0.15, -0.1) is 0 Å². The highest BCUT2D eigenvalue weighted by Gasteiger charge is 2.03. The van der Waals surface area contributed by atoms with E-state index in [0.29, 0.717) is 17.3 Å². The molecule has 0 bridgehead atoms. The second-order valence-corrected chi connectivity index (χ2v) is 3.82. The Morgan fingerprint density at radius 3 is 2.76 bits per heavy atom. The Kier molecular flexibility index (Phi) is 5.45. The summed E-state index contributed by atoms with van der Waals surface area (Å²) in [6, 6.07) is 6.82. The van der Waals surface area contributed by atoms with Gasteiger partial charge in [0.2, 0.25) is 5.91 Å². The van der Waals surface area contributed by atoms with Gasteiger partial charge in [0, 0.05) is 23.7 Å². The molecule has 1 aromatic carbocycles. The Labute approximate surface area is 104 Å². The monoisotopic (exact) mass is 256 g/mol. The van der Waals surface area contributed by atoms with Crippen molar-refractivity contribution < 1.29 is 14.7 Å². The van der Waals surface area contributed by atoms with Crippen molar-refractivity contribution in [2.45, 2.75) is 6.42 Å². The SMILES string of the molecule is O=C(O)CNCCC(=O)Nc1cccc(Cl)c1. The minimum atomic E-state index is -0.944. The number of carboxylic acid groups (broad SMARTS) is 1. The minimum absolute atomic E-state index is 0.148. The summed E-state index contributed by atoms with van der Waals surface area (Å²) in [7, 11) is 0. The van der Waals surface area contributed by atoms with E-state index in [2.05, 4.69) is 10.6 Å². The summed E-state index contributed by atoms with van der Waals surface area (Å²) in [5.41, 5.74) is 0.626. The number of amides is 1. The van der Waals surface area contributed by atoms with Crippen LogP contribution in [0.5, 0.6) is 0 Å². The van der Waals surface area contributed by atoms with Gasteiger partial charge in [-0.05, 0) is 18.2 Å². The lowest BCUT2D eigenvalue weighted by Crippen LogP contribution is -2.26. The number of hydrogen-bond donors (Lipinski definition) is 3. The van der Waals surface area contributed by atoms with Crippen molar-refractivity contribution in [2.75, 3.05) is 18.4 Å². The van der Waals surface area contributed by atoms with Crippen LogP contribution in [0, 0.1) is 0 Å². The van der Waals surface area contributed by atoms with Gasteiger partial charge in [-0.25, -0.2) is 0 Å². The Morgan fingerprint density at radius 2 is 2.12 bits per heavy atom. The van der Waals surface area contributed by atoms with Crippen LogP contribution in [-0.2, 0) is 9.59 Å². The number of carbonyl (C=O) groups excluding carboxylic acids is 1. The van der Waals surface area contributed by atoms with E-state index < -0.39 is 5.97 Å². The first-order valence-corrected chi connectivity index (χ1v) is 5.43. The number of aliphatic carboxylic acids is 1. The van der Waals surface area contributed by atoms with Crippen LogP contribution >= 0.6 is 11.6 Å². The van der Waals surface area contributed by atoms with E-state index in [1.165, 1.54) is 0 Å². The zero-order chi connectivity index (χ0) is 12.7. The lowest BCUT2D eigenvalue weighted by molar-refractivity contribution is -0.136. The van der Waals surface area contributed by atoms with Crippen molar-refractivity contribution in [3.8, 4) is 0 Å². The molecule has 0 aliphatic rings. The molecule has 0 heterocycles. The van der Waals surface area contributed by atoms with E-state index in [1.54, 1.807) is 24.3 Å². The highest BCUT2D eigenvalue weighted by molar-refractivity contribution is 6.30. The van der Waals surface area contributed by atoms with Gasteiger partial charge >= 0.3 is 5.97 Å². The largest absolute Gasteiger partial charge is 0.480 e. The van der Waals surface area contributed by atoms with Crippen LogP contribution in [0.1, 0.15) is 6.42 Å². The molecule has 6 heteroatoms. The number of anilines is 1. The molecule has 0 aromatic heterocycles. The molecule has 0 aliphatic carbocycles. The van der Waals surface area contributed by atoms with Crippen molar-refractivity contribution in [1.82, 2.24) is 5.32 Å². The third kappa shape index (κ3) is 5.89. The molecule has 0 fully saturated rings. The van der Waals surface area contributed by atoms with Crippen LogP contribution in [0.4, 0.5) is 5.69 Å². The standard InChI is InChI=1S/C11H13ClN2O3/c12-8-2-1-3-9(6-8)14-10(15)4-5-13-7-11(16)17/h1-3,6,13H,4-5,7H2,(H,14,15)(H,16,17). The summed E-state index contributed by atoms with van der Waals surface area (Å²) in [5.74, 6) is -1.13. The van der Waals surface area contributed by atoms with Crippen LogP contribution in [0.25, 0.3) is 0 Å². The second-order valence-electron chi connectivity index (χ2n) is 3.38. The highest BCUT2D eigenvalue weighted by Crippen LogP contribution is 2.14. The molecule has 92 valence electrons. The van der Waals surface area contributed by atoms with E-state index >= 15 is 0 Å². The van der Waals surface area contributed by atoms with Gasteiger partial charge in [-0.3, -0.25) is 9.59 Å². The average Bonchev–Trinajstić information content (AvgIpc) is 2.24. The first kappa shape index (κ1) is 13.5. The summed E-state index contributed by atoms with van der Waals surface area (Å²) in [4.78, 5) is 21.6. The predicted molar refractivity (Wildman–Crippen MR) is 65.2 cm³/mol. The van der Waals surface area contributed by atoms with Crippen molar-refractivity contribution in [1.29, 1.82) is 0 Å². The molecule has 0 unspecified atom stereocenters. The van der Waals surface area contributed by atoms with Crippen molar-refractivity contribution in [3.63, 3.8) is 0 Å². The lowest BCUT2D eigenvalue weighted by atomic mass is 10.3. The molecule has 5 nitrogen and oxygen atoms in total. The molecule has 3 N–H and O–H groups in total. The van der Waals surface area contributed by atoms with E-state index in [9.17, 15) is 9.59 Å². The lowest BCUT2D eigenvalue weighted by Gasteiger charge is -2.05. The fourth-order valence-corrected chi connectivity index (χ4v) is 1.38. The maximum Gasteiger partial charge on any atom is 0.317 e. The van der Waals surface area contributed by atoms with Gasteiger partial charge in [-0.2, -0.15) is 0 Å². The molecule has 0 saturated carbocycles. The highest BCUT2D eigenvalue weighted by atomic mass is 35.5. The molecule has 0 saturated heterocycles. The number of carbonyl (C=O) groups is 2. The topological polar surface area (TPSA) is 78.4 Å². The zero-order valence-corrected chi connectivity index (χ0v) is 9.83. The van der Waals surface area contributed by atoms with Gasteiger partial charge in [0.25, 0.3) is 0 Å². The molecule has 0 atom stereocenters. The van der Waals surface area contributed by atoms with Gasteiger partial charge < -0.3 is 15.7 Å². The van der Waals surface area contributed by atoms with Crippen LogP contribution < -0.4 is 10.6 Å².